The molecule has 0 aromatic heterocycles. The number of hydrogen-bond acceptors (Lipinski definition) is 3. The third-order valence-corrected chi connectivity index (χ3v) is 3.12. The molecule has 0 saturated heterocycles. The zero-order valence-electron chi connectivity index (χ0n) is 12.4. The van der Waals surface area contributed by atoms with Crippen LogP contribution in [-0.4, -0.2) is 19.8 Å². The van der Waals surface area contributed by atoms with Gasteiger partial charge in [-0.15, -0.1) is 0 Å². The fourth-order valence-corrected chi connectivity index (χ4v) is 1.74. The maximum Gasteiger partial charge on any atom is 0.161 e. The normalized spacial score (nSPS) is 11.4. The predicted octanol–water partition coefficient (Wildman–Crippen LogP) is 3.62. The van der Waals surface area contributed by atoms with Crippen molar-refractivity contribution in [2.45, 2.75) is 40.0 Å². The molecule has 0 atom stereocenters. The highest BCUT2D eigenvalue weighted by molar-refractivity contribution is 5.39. The Morgan fingerprint density at radius 2 is 1.63 bits per heavy atom. The Morgan fingerprint density at radius 1 is 1.05 bits per heavy atom. The SMILES string of the molecule is CCCOc1ccccc1OCCCC(C)(C)CN. The lowest BCUT2D eigenvalue weighted by Gasteiger charge is -2.22. The van der Waals surface area contributed by atoms with Crippen molar-refractivity contribution < 1.29 is 9.47 Å². The molecule has 0 aliphatic carbocycles. The Kier molecular flexibility index (Phi) is 6.71. The van der Waals surface area contributed by atoms with Gasteiger partial charge < -0.3 is 15.2 Å². The third-order valence-electron chi connectivity index (χ3n) is 3.12. The number of benzene rings is 1. The van der Waals surface area contributed by atoms with Crippen LogP contribution in [0.25, 0.3) is 0 Å². The lowest BCUT2D eigenvalue weighted by molar-refractivity contribution is 0.242. The van der Waals surface area contributed by atoms with Crippen molar-refractivity contribution in [2.75, 3.05) is 19.8 Å². The molecule has 0 bridgehead atoms. The zero-order chi connectivity index (χ0) is 14.1. The van der Waals surface area contributed by atoms with Gasteiger partial charge in [0.05, 0.1) is 13.2 Å². The van der Waals surface area contributed by atoms with Gasteiger partial charge in [-0.25, -0.2) is 0 Å². The van der Waals surface area contributed by atoms with Crippen LogP contribution in [0.3, 0.4) is 0 Å². The quantitative estimate of drug-likeness (QED) is 0.694. The molecule has 0 unspecified atom stereocenters. The summed E-state index contributed by atoms with van der Waals surface area (Å²) in [6.45, 7) is 8.61. The van der Waals surface area contributed by atoms with Crippen molar-refractivity contribution in [1.82, 2.24) is 0 Å². The molecular weight excluding hydrogens is 238 g/mol. The highest BCUT2D eigenvalue weighted by Crippen LogP contribution is 2.27. The minimum Gasteiger partial charge on any atom is -0.490 e. The van der Waals surface area contributed by atoms with Crippen LogP contribution in [-0.2, 0) is 0 Å². The molecule has 0 saturated carbocycles. The van der Waals surface area contributed by atoms with E-state index in [9.17, 15) is 0 Å². The first-order valence-electron chi connectivity index (χ1n) is 7.14. The topological polar surface area (TPSA) is 44.5 Å². The monoisotopic (exact) mass is 265 g/mol. The first kappa shape index (κ1) is 15.8. The number of para-hydroxylation sites is 2. The van der Waals surface area contributed by atoms with E-state index in [0.29, 0.717) is 13.2 Å². The lowest BCUT2D eigenvalue weighted by Crippen LogP contribution is -2.24. The van der Waals surface area contributed by atoms with E-state index in [1.54, 1.807) is 0 Å². The van der Waals surface area contributed by atoms with Crippen molar-refractivity contribution in [1.29, 1.82) is 0 Å². The van der Waals surface area contributed by atoms with Crippen LogP contribution in [0.2, 0.25) is 0 Å². The van der Waals surface area contributed by atoms with Crippen LogP contribution < -0.4 is 15.2 Å². The minimum absolute atomic E-state index is 0.196. The second kappa shape index (κ2) is 8.05. The van der Waals surface area contributed by atoms with Gasteiger partial charge in [0.15, 0.2) is 11.5 Å². The van der Waals surface area contributed by atoms with E-state index in [0.717, 1.165) is 37.4 Å². The molecule has 0 amide bonds. The van der Waals surface area contributed by atoms with Gasteiger partial charge in [0.2, 0.25) is 0 Å². The molecule has 108 valence electrons. The summed E-state index contributed by atoms with van der Waals surface area (Å²) in [6.07, 6.45) is 3.08. The van der Waals surface area contributed by atoms with Crippen LogP contribution in [0.5, 0.6) is 11.5 Å². The van der Waals surface area contributed by atoms with Gasteiger partial charge in [-0.3, -0.25) is 0 Å². The summed E-state index contributed by atoms with van der Waals surface area (Å²) < 4.78 is 11.5. The maximum absolute atomic E-state index is 5.81. The van der Waals surface area contributed by atoms with Crippen molar-refractivity contribution in [3.63, 3.8) is 0 Å². The van der Waals surface area contributed by atoms with Gasteiger partial charge in [-0.1, -0.05) is 32.9 Å². The zero-order valence-corrected chi connectivity index (χ0v) is 12.4. The smallest absolute Gasteiger partial charge is 0.161 e. The van der Waals surface area contributed by atoms with E-state index in [-0.39, 0.29) is 5.41 Å². The molecule has 0 fully saturated rings. The largest absolute Gasteiger partial charge is 0.490 e. The molecule has 1 aromatic carbocycles. The van der Waals surface area contributed by atoms with Gasteiger partial charge in [0.25, 0.3) is 0 Å². The second-order valence-electron chi connectivity index (χ2n) is 5.62. The molecule has 0 aliphatic rings. The predicted molar refractivity (Wildman–Crippen MR) is 79.8 cm³/mol. The third kappa shape index (κ3) is 5.97. The van der Waals surface area contributed by atoms with Crippen LogP contribution in [0.1, 0.15) is 40.0 Å². The van der Waals surface area contributed by atoms with Gasteiger partial charge in [-0.2, -0.15) is 0 Å². The molecule has 3 heteroatoms. The molecule has 0 heterocycles. The summed E-state index contributed by atoms with van der Waals surface area (Å²) in [5, 5.41) is 0. The summed E-state index contributed by atoms with van der Waals surface area (Å²) in [5.41, 5.74) is 5.91. The lowest BCUT2D eigenvalue weighted by atomic mass is 9.88. The van der Waals surface area contributed by atoms with E-state index in [2.05, 4.69) is 20.8 Å². The average Bonchev–Trinajstić information content (AvgIpc) is 2.42. The molecule has 0 radical (unpaired) electrons. The van der Waals surface area contributed by atoms with Crippen molar-refractivity contribution in [3.8, 4) is 11.5 Å². The summed E-state index contributed by atoms with van der Waals surface area (Å²) in [7, 11) is 0. The van der Waals surface area contributed by atoms with E-state index in [1.165, 1.54) is 0 Å². The molecule has 3 nitrogen and oxygen atoms in total. The number of nitrogens with two attached hydrogens (primary N) is 1. The highest BCUT2D eigenvalue weighted by atomic mass is 16.5. The molecule has 19 heavy (non-hydrogen) atoms. The van der Waals surface area contributed by atoms with Crippen LogP contribution in [0.4, 0.5) is 0 Å². The van der Waals surface area contributed by atoms with Crippen molar-refractivity contribution in [3.05, 3.63) is 24.3 Å². The molecule has 1 aromatic rings. The summed E-state index contributed by atoms with van der Waals surface area (Å²) in [6, 6.07) is 7.85. The molecular formula is C16H27NO2. The number of ether oxygens (including phenoxy) is 2. The van der Waals surface area contributed by atoms with Crippen LogP contribution in [0.15, 0.2) is 24.3 Å². The maximum atomic E-state index is 5.81. The summed E-state index contributed by atoms with van der Waals surface area (Å²) in [4.78, 5) is 0. The van der Waals surface area contributed by atoms with E-state index in [1.807, 2.05) is 24.3 Å². The molecule has 0 aliphatic heterocycles. The Bertz CT molecular complexity index is 364. The van der Waals surface area contributed by atoms with Crippen LogP contribution in [0, 0.1) is 5.41 Å². The highest BCUT2D eigenvalue weighted by Gasteiger charge is 2.14. The minimum atomic E-state index is 0.196. The standard InChI is InChI=1S/C16H27NO2/c1-4-11-18-14-8-5-6-9-15(14)19-12-7-10-16(2,3)13-17/h5-6,8-9H,4,7,10-13,17H2,1-3H3. The van der Waals surface area contributed by atoms with Crippen molar-refractivity contribution >= 4 is 0 Å². The summed E-state index contributed by atoms with van der Waals surface area (Å²) >= 11 is 0. The fraction of sp³-hybridized carbons (Fsp3) is 0.625. The van der Waals surface area contributed by atoms with Crippen LogP contribution >= 0.6 is 0 Å². The summed E-state index contributed by atoms with van der Waals surface area (Å²) in [5.74, 6) is 1.67. The molecule has 0 spiro atoms. The Balaban J connectivity index is 2.40. The Labute approximate surface area is 117 Å². The first-order valence-corrected chi connectivity index (χ1v) is 7.14. The number of hydrogen-bond donors (Lipinski definition) is 1. The van der Waals surface area contributed by atoms with Gasteiger partial charge in [0.1, 0.15) is 0 Å². The average molecular weight is 265 g/mol. The molecule has 1 rings (SSSR count). The van der Waals surface area contributed by atoms with E-state index >= 15 is 0 Å². The Morgan fingerprint density at radius 3 is 2.16 bits per heavy atom. The Hall–Kier alpha value is -1.22. The van der Waals surface area contributed by atoms with E-state index in [4.69, 9.17) is 15.2 Å². The second-order valence-corrected chi connectivity index (χ2v) is 5.62. The van der Waals surface area contributed by atoms with Gasteiger partial charge >= 0.3 is 0 Å². The number of rotatable bonds is 9. The first-order chi connectivity index (χ1) is 9.09. The van der Waals surface area contributed by atoms with Gasteiger partial charge in [0, 0.05) is 0 Å². The van der Waals surface area contributed by atoms with Gasteiger partial charge in [-0.05, 0) is 43.4 Å². The fourth-order valence-electron chi connectivity index (χ4n) is 1.74. The molecule has 2 N–H and O–H groups in total. The van der Waals surface area contributed by atoms with E-state index < -0.39 is 0 Å². The van der Waals surface area contributed by atoms with Crippen molar-refractivity contribution in [2.24, 2.45) is 11.1 Å².